The molecule has 0 rings (SSSR count). The molecule has 0 spiro atoms. The third-order valence-corrected chi connectivity index (χ3v) is 11.6. The normalized spacial score (nSPS) is 13.5. The molecule has 0 fully saturated rings. The van der Waals surface area contributed by atoms with Gasteiger partial charge in [0, 0.05) is 0 Å². The largest absolute Gasteiger partial charge is 0.394 e. The standard InChI is InChI=1S/C49H97NO4/c1-3-5-7-9-11-13-15-17-19-21-23-24-25-27-29-31-33-35-37-39-41-43-48(53)47(45-51)50-49(54)44-46(52)42-40-38-36-34-32-30-28-26-22-20-18-16-14-12-10-8-6-4-2/h26,28,46-48,51-53H,3-25,27,29-45H2,1-2H3,(H,50,54)/b28-26-. The van der Waals surface area contributed by atoms with E-state index in [1.165, 1.54) is 205 Å². The summed E-state index contributed by atoms with van der Waals surface area (Å²) in [4.78, 5) is 12.5. The van der Waals surface area contributed by atoms with Gasteiger partial charge in [-0.2, -0.15) is 0 Å². The number of nitrogens with one attached hydrogen (secondary N) is 1. The molecule has 5 nitrogen and oxygen atoms in total. The summed E-state index contributed by atoms with van der Waals surface area (Å²) in [5, 5.41) is 33.5. The van der Waals surface area contributed by atoms with Crippen LogP contribution in [0.25, 0.3) is 0 Å². The molecular formula is C49H97NO4. The molecule has 3 unspecified atom stereocenters. The maximum atomic E-state index is 12.5. The molecule has 0 aromatic carbocycles. The van der Waals surface area contributed by atoms with E-state index in [4.69, 9.17) is 0 Å². The van der Waals surface area contributed by atoms with Gasteiger partial charge in [-0.25, -0.2) is 0 Å². The number of aliphatic hydroxyl groups excluding tert-OH is 3. The zero-order chi connectivity index (χ0) is 39.4. The highest BCUT2D eigenvalue weighted by molar-refractivity contribution is 5.76. The lowest BCUT2D eigenvalue weighted by molar-refractivity contribution is -0.125. The Kier molecular flexibility index (Phi) is 44.0. The Morgan fingerprint density at radius 1 is 0.444 bits per heavy atom. The minimum atomic E-state index is -0.749. The number of amides is 1. The lowest BCUT2D eigenvalue weighted by atomic mass is 10.0. The quantitative estimate of drug-likeness (QED) is 0.0367. The van der Waals surface area contributed by atoms with Gasteiger partial charge in [0.15, 0.2) is 0 Å². The van der Waals surface area contributed by atoms with E-state index in [2.05, 4.69) is 31.3 Å². The molecule has 322 valence electrons. The number of aliphatic hydroxyl groups is 3. The zero-order valence-electron chi connectivity index (χ0n) is 36.6. The van der Waals surface area contributed by atoms with Crippen molar-refractivity contribution >= 4 is 5.91 Å². The fourth-order valence-corrected chi connectivity index (χ4v) is 7.81. The second-order valence-electron chi connectivity index (χ2n) is 17.1. The van der Waals surface area contributed by atoms with E-state index in [0.29, 0.717) is 12.8 Å². The number of hydrogen-bond acceptors (Lipinski definition) is 4. The summed E-state index contributed by atoms with van der Waals surface area (Å²) in [7, 11) is 0. The number of hydrogen-bond donors (Lipinski definition) is 4. The van der Waals surface area contributed by atoms with E-state index in [1.54, 1.807) is 0 Å². The Bertz CT molecular complexity index is 758. The van der Waals surface area contributed by atoms with Gasteiger partial charge in [-0.3, -0.25) is 4.79 Å². The molecule has 1 amide bonds. The van der Waals surface area contributed by atoms with Crippen molar-refractivity contribution in [2.45, 2.75) is 289 Å². The van der Waals surface area contributed by atoms with Crippen LogP contribution in [0.2, 0.25) is 0 Å². The van der Waals surface area contributed by atoms with Crippen LogP contribution in [-0.4, -0.2) is 46.1 Å². The topological polar surface area (TPSA) is 89.8 Å². The molecule has 0 aliphatic rings. The second kappa shape index (κ2) is 44.8. The summed E-state index contributed by atoms with van der Waals surface area (Å²) in [6, 6.07) is -0.658. The van der Waals surface area contributed by atoms with Crippen molar-refractivity contribution in [3.05, 3.63) is 12.2 Å². The number of unbranched alkanes of at least 4 members (excludes halogenated alkanes) is 34. The van der Waals surface area contributed by atoms with Crippen molar-refractivity contribution in [3.63, 3.8) is 0 Å². The molecule has 0 saturated heterocycles. The van der Waals surface area contributed by atoms with Gasteiger partial charge < -0.3 is 20.6 Å². The minimum absolute atomic E-state index is 0.0341. The first-order chi connectivity index (χ1) is 26.5. The van der Waals surface area contributed by atoms with Crippen molar-refractivity contribution in [2.75, 3.05) is 6.61 Å². The van der Waals surface area contributed by atoms with Gasteiger partial charge in [0.05, 0.1) is 31.3 Å². The zero-order valence-corrected chi connectivity index (χ0v) is 36.6. The summed E-state index contributed by atoms with van der Waals surface area (Å²) >= 11 is 0. The van der Waals surface area contributed by atoms with E-state index >= 15 is 0 Å². The Balaban J connectivity index is 3.57. The minimum Gasteiger partial charge on any atom is -0.394 e. The number of allylic oxidation sites excluding steroid dienone is 2. The highest BCUT2D eigenvalue weighted by atomic mass is 16.3. The van der Waals surface area contributed by atoms with Crippen LogP contribution in [0.5, 0.6) is 0 Å². The summed E-state index contributed by atoms with van der Waals surface area (Å²) < 4.78 is 0. The Labute approximate surface area is 338 Å². The van der Waals surface area contributed by atoms with E-state index in [9.17, 15) is 20.1 Å². The fraction of sp³-hybridized carbons (Fsp3) is 0.939. The summed E-state index contributed by atoms with van der Waals surface area (Å²) in [6.07, 6.45) is 53.3. The first-order valence-corrected chi connectivity index (χ1v) is 24.5. The van der Waals surface area contributed by atoms with Crippen LogP contribution in [0.1, 0.15) is 271 Å². The van der Waals surface area contributed by atoms with Gasteiger partial charge in [-0.1, -0.05) is 238 Å². The molecule has 5 heteroatoms. The highest BCUT2D eigenvalue weighted by Gasteiger charge is 2.21. The molecular weight excluding hydrogens is 667 g/mol. The molecule has 0 radical (unpaired) electrons. The highest BCUT2D eigenvalue weighted by Crippen LogP contribution is 2.17. The van der Waals surface area contributed by atoms with Crippen LogP contribution < -0.4 is 5.32 Å². The molecule has 0 aromatic heterocycles. The molecule has 0 aliphatic carbocycles. The monoisotopic (exact) mass is 764 g/mol. The van der Waals surface area contributed by atoms with Crippen LogP contribution in [0.3, 0.4) is 0 Å². The molecule has 0 bridgehead atoms. The van der Waals surface area contributed by atoms with Gasteiger partial charge in [-0.15, -0.1) is 0 Å². The van der Waals surface area contributed by atoms with Crippen molar-refractivity contribution in [2.24, 2.45) is 0 Å². The summed E-state index contributed by atoms with van der Waals surface area (Å²) in [5.74, 6) is -0.284. The molecule has 3 atom stereocenters. The van der Waals surface area contributed by atoms with Crippen LogP contribution in [0.4, 0.5) is 0 Å². The van der Waals surface area contributed by atoms with E-state index in [0.717, 1.165) is 32.1 Å². The van der Waals surface area contributed by atoms with Gasteiger partial charge >= 0.3 is 0 Å². The van der Waals surface area contributed by atoms with Crippen LogP contribution in [0, 0.1) is 0 Å². The summed E-state index contributed by atoms with van der Waals surface area (Å²) in [5.41, 5.74) is 0. The third-order valence-electron chi connectivity index (χ3n) is 11.6. The van der Waals surface area contributed by atoms with Gasteiger partial charge in [0.1, 0.15) is 0 Å². The smallest absolute Gasteiger partial charge is 0.222 e. The lowest BCUT2D eigenvalue weighted by Crippen LogP contribution is -2.46. The van der Waals surface area contributed by atoms with Crippen LogP contribution in [0.15, 0.2) is 12.2 Å². The van der Waals surface area contributed by atoms with Gasteiger partial charge in [0.2, 0.25) is 5.91 Å². The van der Waals surface area contributed by atoms with E-state index in [1.807, 2.05) is 0 Å². The molecule has 0 aliphatic heterocycles. The average Bonchev–Trinajstić information content (AvgIpc) is 3.16. The number of carbonyl (C=O) groups excluding carboxylic acids is 1. The van der Waals surface area contributed by atoms with Crippen molar-refractivity contribution < 1.29 is 20.1 Å². The van der Waals surface area contributed by atoms with Gasteiger partial charge in [-0.05, 0) is 38.5 Å². The predicted octanol–water partition coefficient (Wildman–Crippen LogP) is 14.4. The maximum Gasteiger partial charge on any atom is 0.222 e. The van der Waals surface area contributed by atoms with Crippen LogP contribution >= 0.6 is 0 Å². The lowest BCUT2D eigenvalue weighted by Gasteiger charge is -2.23. The van der Waals surface area contributed by atoms with Crippen LogP contribution in [-0.2, 0) is 4.79 Å². The molecule has 0 heterocycles. The maximum absolute atomic E-state index is 12.5. The Morgan fingerprint density at radius 2 is 0.741 bits per heavy atom. The van der Waals surface area contributed by atoms with Crippen molar-refractivity contribution in [1.82, 2.24) is 5.32 Å². The average molecular weight is 764 g/mol. The summed E-state index contributed by atoms with van der Waals surface area (Å²) in [6.45, 7) is 4.28. The van der Waals surface area contributed by atoms with Crippen molar-refractivity contribution in [3.8, 4) is 0 Å². The first-order valence-electron chi connectivity index (χ1n) is 24.5. The second-order valence-corrected chi connectivity index (χ2v) is 17.1. The Morgan fingerprint density at radius 3 is 1.07 bits per heavy atom. The predicted molar refractivity (Wildman–Crippen MR) is 236 cm³/mol. The van der Waals surface area contributed by atoms with Gasteiger partial charge in [0.25, 0.3) is 0 Å². The number of rotatable bonds is 45. The van der Waals surface area contributed by atoms with E-state index in [-0.39, 0.29) is 18.9 Å². The fourth-order valence-electron chi connectivity index (χ4n) is 7.81. The molecule has 4 N–H and O–H groups in total. The molecule has 0 aromatic rings. The molecule has 54 heavy (non-hydrogen) atoms. The third kappa shape index (κ3) is 40.7. The molecule has 0 saturated carbocycles. The SMILES string of the molecule is CCCCCCCCCCC/C=C\CCCCCCCC(O)CC(=O)NC(CO)C(O)CCCCCCCCCCCCCCCCCCCCCCC. The Hall–Kier alpha value is -0.910. The van der Waals surface area contributed by atoms with Crippen molar-refractivity contribution in [1.29, 1.82) is 0 Å². The first kappa shape index (κ1) is 53.1. The number of carbonyl (C=O) groups is 1. The van der Waals surface area contributed by atoms with E-state index < -0.39 is 18.2 Å².